The molecule has 1 aromatic carbocycles. The lowest BCUT2D eigenvalue weighted by atomic mass is 10.1. The van der Waals surface area contributed by atoms with Crippen LogP contribution in [0.25, 0.3) is 0 Å². The summed E-state index contributed by atoms with van der Waals surface area (Å²) < 4.78 is 26.2. The van der Waals surface area contributed by atoms with Crippen molar-refractivity contribution in [3.63, 3.8) is 0 Å². The molecule has 0 radical (unpaired) electrons. The molecule has 20 heavy (non-hydrogen) atoms. The first-order valence-corrected chi connectivity index (χ1v) is 6.30. The minimum Gasteiger partial charge on any atom is -0.481 e. The first kappa shape index (κ1) is 16.1. The maximum Gasteiger partial charge on any atom is 0.303 e. The highest BCUT2D eigenvalue weighted by molar-refractivity contribution is 5.75. The fraction of sp³-hybridized carbons (Fsp3) is 0.429. The van der Waals surface area contributed by atoms with Crippen molar-refractivity contribution in [3.05, 3.63) is 35.4 Å². The van der Waals surface area contributed by atoms with E-state index < -0.39 is 17.6 Å². The standard InChI is InChI=1S/C14H17F2NO3/c1-17(13(18)4-2-3-5-14(19)20)9-10-6-7-11(15)8-12(10)16/h6-8H,2-5,9H2,1H3,(H,19,20). The van der Waals surface area contributed by atoms with Gasteiger partial charge in [0.25, 0.3) is 0 Å². The number of carboxylic acids is 1. The van der Waals surface area contributed by atoms with E-state index in [1.165, 1.54) is 18.0 Å². The molecule has 1 rings (SSSR count). The minimum atomic E-state index is -0.890. The van der Waals surface area contributed by atoms with Crippen molar-refractivity contribution in [3.8, 4) is 0 Å². The molecule has 110 valence electrons. The van der Waals surface area contributed by atoms with E-state index >= 15 is 0 Å². The Bertz CT molecular complexity index is 491. The summed E-state index contributed by atoms with van der Waals surface area (Å²) in [6.07, 6.45) is 1.15. The van der Waals surface area contributed by atoms with Crippen molar-refractivity contribution in [2.75, 3.05) is 7.05 Å². The maximum absolute atomic E-state index is 13.4. The van der Waals surface area contributed by atoms with Crippen LogP contribution in [0.3, 0.4) is 0 Å². The molecule has 0 aliphatic carbocycles. The lowest BCUT2D eigenvalue weighted by Crippen LogP contribution is -2.26. The second-order valence-electron chi connectivity index (χ2n) is 4.59. The zero-order valence-electron chi connectivity index (χ0n) is 11.2. The Morgan fingerprint density at radius 3 is 2.45 bits per heavy atom. The number of halogens is 2. The third kappa shape index (κ3) is 5.34. The number of carbonyl (C=O) groups is 2. The predicted molar refractivity (Wildman–Crippen MR) is 68.9 cm³/mol. The molecule has 0 bridgehead atoms. The Balaban J connectivity index is 2.43. The molecular formula is C14H17F2NO3. The molecule has 0 aromatic heterocycles. The van der Waals surface area contributed by atoms with Crippen LogP contribution in [-0.4, -0.2) is 28.9 Å². The number of nitrogens with zero attached hydrogens (tertiary/aromatic N) is 1. The van der Waals surface area contributed by atoms with Crippen molar-refractivity contribution in [1.82, 2.24) is 4.90 Å². The van der Waals surface area contributed by atoms with Gasteiger partial charge in [0.05, 0.1) is 0 Å². The average Bonchev–Trinajstić information content (AvgIpc) is 2.37. The predicted octanol–water partition coefficient (Wildman–Crippen LogP) is 2.57. The van der Waals surface area contributed by atoms with Gasteiger partial charge >= 0.3 is 5.97 Å². The van der Waals surface area contributed by atoms with Gasteiger partial charge in [-0.1, -0.05) is 6.07 Å². The molecular weight excluding hydrogens is 268 g/mol. The maximum atomic E-state index is 13.4. The third-order valence-corrected chi connectivity index (χ3v) is 2.88. The highest BCUT2D eigenvalue weighted by atomic mass is 19.1. The fourth-order valence-corrected chi connectivity index (χ4v) is 1.74. The summed E-state index contributed by atoms with van der Waals surface area (Å²) in [5, 5.41) is 8.47. The minimum absolute atomic E-state index is 0.0313. The highest BCUT2D eigenvalue weighted by Gasteiger charge is 2.12. The van der Waals surface area contributed by atoms with Gasteiger partial charge in [-0.2, -0.15) is 0 Å². The van der Waals surface area contributed by atoms with Gasteiger partial charge in [-0.25, -0.2) is 8.78 Å². The number of aliphatic carboxylic acids is 1. The van der Waals surface area contributed by atoms with E-state index in [1.54, 1.807) is 0 Å². The summed E-state index contributed by atoms with van der Waals surface area (Å²) in [7, 11) is 1.53. The van der Waals surface area contributed by atoms with E-state index in [-0.39, 0.29) is 30.9 Å². The molecule has 0 fully saturated rings. The van der Waals surface area contributed by atoms with Gasteiger partial charge in [0, 0.05) is 38.1 Å². The van der Waals surface area contributed by atoms with Crippen LogP contribution < -0.4 is 0 Å². The van der Waals surface area contributed by atoms with Gasteiger partial charge < -0.3 is 10.0 Å². The lowest BCUT2D eigenvalue weighted by Gasteiger charge is -2.17. The van der Waals surface area contributed by atoms with Crippen molar-refractivity contribution >= 4 is 11.9 Å². The lowest BCUT2D eigenvalue weighted by molar-refractivity contribution is -0.137. The monoisotopic (exact) mass is 285 g/mol. The van der Waals surface area contributed by atoms with Gasteiger partial charge in [0.15, 0.2) is 0 Å². The first-order valence-electron chi connectivity index (χ1n) is 6.30. The Morgan fingerprint density at radius 1 is 1.20 bits per heavy atom. The largest absolute Gasteiger partial charge is 0.481 e. The summed E-state index contributed by atoms with van der Waals surface area (Å²) in [4.78, 5) is 23.4. The number of benzene rings is 1. The normalized spacial score (nSPS) is 10.3. The first-order chi connectivity index (χ1) is 9.40. The van der Waals surface area contributed by atoms with Crippen molar-refractivity contribution in [2.24, 2.45) is 0 Å². The summed E-state index contributed by atoms with van der Waals surface area (Å²) in [5.41, 5.74) is 0.243. The zero-order chi connectivity index (χ0) is 15.1. The van der Waals surface area contributed by atoms with Gasteiger partial charge in [-0.15, -0.1) is 0 Å². The van der Waals surface area contributed by atoms with Crippen LogP contribution in [-0.2, 0) is 16.1 Å². The number of amides is 1. The number of carbonyl (C=O) groups excluding carboxylic acids is 1. The van der Waals surface area contributed by atoms with Gasteiger partial charge in [-0.05, 0) is 18.9 Å². The zero-order valence-corrected chi connectivity index (χ0v) is 11.2. The number of carboxylic acid groups (broad SMARTS) is 1. The Hall–Kier alpha value is -1.98. The van der Waals surface area contributed by atoms with E-state index in [1.807, 2.05) is 0 Å². The fourth-order valence-electron chi connectivity index (χ4n) is 1.74. The van der Waals surface area contributed by atoms with E-state index in [2.05, 4.69) is 0 Å². The average molecular weight is 285 g/mol. The van der Waals surface area contributed by atoms with Crippen molar-refractivity contribution in [1.29, 1.82) is 0 Å². The quantitative estimate of drug-likeness (QED) is 0.783. The molecule has 0 heterocycles. The number of unbranched alkanes of at least 4 members (excludes halogenated alkanes) is 1. The van der Waals surface area contributed by atoms with Gasteiger partial charge in [0.2, 0.25) is 5.91 Å². The number of hydrogen-bond acceptors (Lipinski definition) is 2. The molecule has 0 atom stereocenters. The second kappa shape index (κ2) is 7.57. The third-order valence-electron chi connectivity index (χ3n) is 2.88. The van der Waals surface area contributed by atoms with Crippen molar-refractivity contribution < 1.29 is 23.5 Å². The van der Waals surface area contributed by atoms with Crippen LogP contribution >= 0.6 is 0 Å². The highest BCUT2D eigenvalue weighted by Crippen LogP contribution is 2.12. The smallest absolute Gasteiger partial charge is 0.303 e. The molecule has 4 nitrogen and oxygen atoms in total. The second-order valence-corrected chi connectivity index (χ2v) is 4.59. The van der Waals surface area contributed by atoms with Crippen LogP contribution in [0.2, 0.25) is 0 Å². The molecule has 0 spiro atoms. The Labute approximate surface area is 116 Å². The van der Waals surface area contributed by atoms with Crippen LogP contribution in [0.1, 0.15) is 31.2 Å². The molecule has 0 aliphatic rings. The van der Waals surface area contributed by atoms with E-state index in [9.17, 15) is 18.4 Å². The molecule has 0 unspecified atom stereocenters. The number of hydrogen-bond donors (Lipinski definition) is 1. The van der Waals surface area contributed by atoms with Crippen molar-refractivity contribution in [2.45, 2.75) is 32.2 Å². The Kier molecular flexibility index (Phi) is 6.09. The Morgan fingerprint density at radius 2 is 1.85 bits per heavy atom. The van der Waals surface area contributed by atoms with E-state index in [0.717, 1.165) is 12.1 Å². The summed E-state index contributed by atoms with van der Waals surface area (Å²) >= 11 is 0. The van der Waals surface area contributed by atoms with Gasteiger partial charge in [0.1, 0.15) is 11.6 Å². The van der Waals surface area contributed by atoms with Crippen LogP contribution in [0.5, 0.6) is 0 Å². The van der Waals surface area contributed by atoms with Crippen LogP contribution in [0.15, 0.2) is 18.2 Å². The topological polar surface area (TPSA) is 57.6 Å². The molecule has 1 N–H and O–H groups in total. The molecule has 0 saturated heterocycles. The van der Waals surface area contributed by atoms with Crippen LogP contribution in [0, 0.1) is 11.6 Å². The van der Waals surface area contributed by atoms with E-state index in [0.29, 0.717) is 12.8 Å². The SMILES string of the molecule is CN(Cc1ccc(F)cc1F)C(=O)CCCCC(=O)O. The summed E-state index contributed by atoms with van der Waals surface area (Å²) in [5.74, 6) is -2.43. The molecule has 0 saturated carbocycles. The molecule has 6 heteroatoms. The summed E-state index contributed by atoms with van der Waals surface area (Å²) in [6, 6.07) is 3.23. The molecule has 1 amide bonds. The number of rotatable bonds is 7. The summed E-state index contributed by atoms with van der Waals surface area (Å²) in [6.45, 7) is 0.0594. The van der Waals surface area contributed by atoms with Crippen LogP contribution in [0.4, 0.5) is 8.78 Å². The molecule has 0 aliphatic heterocycles. The van der Waals surface area contributed by atoms with Gasteiger partial charge in [-0.3, -0.25) is 9.59 Å². The molecule has 1 aromatic rings. The van der Waals surface area contributed by atoms with E-state index in [4.69, 9.17) is 5.11 Å².